The number of alkyl halides is 3. The van der Waals surface area contributed by atoms with Crippen molar-refractivity contribution in [3.8, 4) is 0 Å². The van der Waals surface area contributed by atoms with E-state index in [-0.39, 0.29) is 5.82 Å². The van der Waals surface area contributed by atoms with Gasteiger partial charge in [-0.15, -0.1) is 0 Å². The summed E-state index contributed by atoms with van der Waals surface area (Å²) < 4.78 is 44.0. The zero-order valence-corrected chi connectivity index (χ0v) is 13.5. The van der Waals surface area contributed by atoms with Crippen molar-refractivity contribution in [3.63, 3.8) is 0 Å². The second-order valence-electron chi connectivity index (χ2n) is 5.55. The summed E-state index contributed by atoms with van der Waals surface area (Å²) in [4.78, 5) is 15.5. The fourth-order valence-electron chi connectivity index (χ4n) is 2.64. The van der Waals surface area contributed by atoms with Crippen LogP contribution in [0.15, 0.2) is 16.8 Å². The normalized spacial score (nSPS) is 14.5. The van der Waals surface area contributed by atoms with Crippen LogP contribution in [0.25, 0.3) is 0 Å². The summed E-state index contributed by atoms with van der Waals surface area (Å²) in [5.74, 6) is 1.54. The van der Waals surface area contributed by atoms with Crippen molar-refractivity contribution in [2.75, 3.05) is 18.0 Å². The smallest absolute Gasteiger partial charge is 0.433 e. The molecular weight excluding hydrogens is 323 g/mol. The van der Waals surface area contributed by atoms with E-state index in [1.807, 2.05) is 0 Å². The van der Waals surface area contributed by atoms with E-state index in [1.165, 1.54) is 0 Å². The maximum absolute atomic E-state index is 12.8. The van der Waals surface area contributed by atoms with Crippen molar-refractivity contribution < 1.29 is 17.6 Å². The molecule has 0 aliphatic carbocycles. The molecule has 0 spiro atoms. The molecule has 0 fully saturated rings. The summed E-state index contributed by atoms with van der Waals surface area (Å²) in [6, 6.07) is 0.947. The third-order valence-corrected chi connectivity index (χ3v) is 4.02. The molecule has 1 aliphatic heterocycles. The van der Waals surface area contributed by atoms with Crippen LogP contribution in [0.3, 0.4) is 0 Å². The maximum atomic E-state index is 12.8. The lowest BCUT2D eigenvalue weighted by molar-refractivity contribution is -0.141. The number of anilines is 1. The van der Waals surface area contributed by atoms with Crippen LogP contribution in [0, 0.1) is 0 Å². The van der Waals surface area contributed by atoms with Gasteiger partial charge in [-0.3, -0.25) is 4.90 Å². The number of oxazole rings is 1. The van der Waals surface area contributed by atoms with Gasteiger partial charge in [-0.1, -0.05) is 13.8 Å². The summed E-state index contributed by atoms with van der Waals surface area (Å²) in [5.41, 5.74) is -0.199. The molecular formula is C15H18F3N5O. The molecule has 0 aromatic carbocycles. The molecule has 24 heavy (non-hydrogen) atoms. The fraction of sp³-hybridized carbons (Fsp3) is 0.533. The van der Waals surface area contributed by atoms with Crippen molar-refractivity contribution in [2.45, 2.75) is 39.7 Å². The Bertz CT molecular complexity index is 688. The fourth-order valence-corrected chi connectivity index (χ4v) is 2.64. The molecule has 130 valence electrons. The number of hydrogen-bond donors (Lipinski definition) is 0. The first kappa shape index (κ1) is 16.7. The molecule has 0 bridgehead atoms. The predicted octanol–water partition coefficient (Wildman–Crippen LogP) is 2.85. The van der Waals surface area contributed by atoms with E-state index >= 15 is 0 Å². The number of rotatable bonds is 5. The SMILES string of the molecule is CCN(CC)Cc1nc2c(o1)CN(c1cc(C(F)(F)F)ncn1)C2. The molecule has 2 aromatic heterocycles. The molecule has 3 rings (SSSR count). The highest BCUT2D eigenvalue weighted by atomic mass is 19.4. The van der Waals surface area contributed by atoms with E-state index in [2.05, 4.69) is 33.7 Å². The van der Waals surface area contributed by atoms with Crippen LogP contribution in [-0.2, 0) is 25.8 Å². The summed E-state index contributed by atoms with van der Waals surface area (Å²) in [6.07, 6.45) is -3.56. The zero-order chi connectivity index (χ0) is 17.3. The van der Waals surface area contributed by atoms with Crippen LogP contribution in [0.2, 0.25) is 0 Å². The molecule has 2 aromatic rings. The van der Waals surface area contributed by atoms with Gasteiger partial charge in [-0.05, 0) is 13.1 Å². The quantitative estimate of drug-likeness (QED) is 0.833. The molecule has 6 nitrogen and oxygen atoms in total. The van der Waals surface area contributed by atoms with Gasteiger partial charge in [0.2, 0.25) is 5.89 Å². The molecule has 0 unspecified atom stereocenters. The number of fused-ring (bicyclic) bond motifs is 1. The third kappa shape index (κ3) is 3.35. The maximum Gasteiger partial charge on any atom is 0.433 e. The Morgan fingerprint density at radius 3 is 2.58 bits per heavy atom. The van der Waals surface area contributed by atoms with E-state index in [4.69, 9.17) is 4.42 Å². The number of aromatic nitrogens is 3. The van der Waals surface area contributed by atoms with Crippen LogP contribution in [0.5, 0.6) is 0 Å². The minimum Gasteiger partial charge on any atom is -0.442 e. The topological polar surface area (TPSA) is 58.3 Å². The minimum absolute atomic E-state index is 0.218. The molecule has 0 radical (unpaired) electrons. The van der Waals surface area contributed by atoms with Gasteiger partial charge in [-0.25, -0.2) is 15.0 Å². The summed E-state index contributed by atoms with van der Waals surface area (Å²) in [7, 11) is 0. The number of halogens is 3. The van der Waals surface area contributed by atoms with Crippen LogP contribution in [-0.4, -0.2) is 32.9 Å². The highest BCUT2D eigenvalue weighted by molar-refractivity contribution is 5.44. The van der Waals surface area contributed by atoms with Gasteiger partial charge < -0.3 is 9.32 Å². The largest absolute Gasteiger partial charge is 0.442 e. The van der Waals surface area contributed by atoms with Crippen LogP contribution in [0.1, 0.15) is 36.9 Å². The first-order chi connectivity index (χ1) is 11.4. The van der Waals surface area contributed by atoms with Gasteiger partial charge in [0.05, 0.1) is 19.6 Å². The second kappa shape index (κ2) is 6.39. The molecule has 9 heteroatoms. The Morgan fingerprint density at radius 1 is 1.21 bits per heavy atom. The Morgan fingerprint density at radius 2 is 1.96 bits per heavy atom. The van der Waals surface area contributed by atoms with Gasteiger partial charge >= 0.3 is 6.18 Å². The highest BCUT2D eigenvalue weighted by Crippen LogP contribution is 2.32. The van der Waals surface area contributed by atoms with Crippen molar-refractivity contribution in [1.82, 2.24) is 19.9 Å². The Labute approximate surface area is 137 Å². The van der Waals surface area contributed by atoms with Crippen molar-refractivity contribution in [1.29, 1.82) is 0 Å². The van der Waals surface area contributed by atoms with E-state index in [1.54, 1.807) is 4.90 Å². The lowest BCUT2D eigenvalue weighted by Gasteiger charge is -2.18. The average Bonchev–Trinajstić information content (AvgIpc) is 3.10. The van der Waals surface area contributed by atoms with E-state index < -0.39 is 11.9 Å². The summed E-state index contributed by atoms with van der Waals surface area (Å²) in [5, 5.41) is 0. The molecule has 3 heterocycles. The van der Waals surface area contributed by atoms with Crippen LogP contribution < -0.4 is 4.90 Å². The Balaban J connectivity index is 1.72. The Kier molecular flexibility index (Phi) is 4.44. The molecule has 1 aliphatic rings. The van der Waals surface area contributed by atoms with Crippen molar-refractivity contribution in [3.05, 3.63) is 35.4 Å². The number of hydrogen-bond acceptors (Lipinski definition) is 6. The van der Waals surface area contributed by atoms with E-state index in [9.17, 15) is 13.2 Å². The minimum atomic E-state index is -4.49. The van der Waals surface area contributed by atoms with Gasteiger partial charge in [0.15, 0.2) is 0 Å². The van der Waals surface area contributed by atoms with Gasteiger partial charge in [-0.2, -0.15) is 13.2 Å². The van der Waals surface area contributed by atoms with Gasteiger partial charge in [0.1, 0.15) is 29.3 Å². The molecule has 0 atom stereocenters. The lowest BCUT2D eigenvalue weighted by Crippen LogP contribution is -2.22. The van der Waals surface area contributed by atoms with Gasteiger partial charge in [0.25, 0.3) is 0 Å². The molecule has 0 N–H and O–H groups in total. The predicted molar refractivity (Wildman–Crippen MR) is 80.0 cm³/mol. The molecule has 0 saturated heterocycles. The third-order valence-electron chi connectivity index (χ3n) is 4.02. The van der Waals surface area contributed by atoms with Crippen LogP contribution >= 0.6 is 0 Å². The number of nitrogens with zero attached hydrogens (tertiary/aromatic N) is 5. The van der Waals surface area contributed by atoms with E-state index in [0.29, 0.717) is 31.3 Å². The molecule has 0 saturated carbocycles. The monoisotopic (exact) mass is 341 g/mol. The Hall–Kier alpha value is -2.16. The zero-order valence-electron chi connectivity index (χ0n) is 13.5. The highest BCUT2D eigenvalue weighted by Gasteiger charge is 2.34. The second-order valence-corrected chi connectivity index (χ2v) is 5.55. The van der Waals surface area contributed by atoms with Gasteiger partial charge in [0, 0.05) is 6.07 Å². The first-order valence-electron chi connectivity index (χ1n) is 7.74. The standard InChI is InChI=1S/C15H18F3N5O/c1-3-22(4-2)8-14-21-10-6-23(7-11(10)24-14)13-5-12(15(16,17)18)19-9-20-13/h5,9H,3-4,6-8H2,1-2H3. The van der Waals surface area contributed by atoms with Crippen molar-refractivity contribution in [2.24, 2.45) is 0 Å². The first-order valence-corrected chi connectivity index (χ1v) is 7.74. The molecule has 0 amide bonds. The van der Waals surface area contributed by atoms with E-state index in [0.717, 1.165) is 31.2 Å². The summed E-state index contributed by atoms with van der Waals surface area (Å²) >= 11 is 0. The average molecular weight is 341 g/mol. The van der Waals surface area contributed by atoms with Crippen LogP contribution in [0.4, 0.5) is 19.0 Å². The summed E-state index contributed by atoms with van der Waals surface area (Å²) in [6.45, 7) is 7.30. The lowest BCUT2D eigenvalue weighted by atomic mass is 10.3. The van der Waals surface area contributed by atoms with Crippen molar-refractivity contribution >= 4 is 5.82 Å².